The van der Waals surface area contributed by atoms with Gasteiger partial charge in [-0.2, -0.15) is 0 Å². The average Bonchev–Trinajstić information content (AvgIpc) is 2.43. The fourth-order valence-corrected chi connectivity index (χ4v) is 2.04. The number of ether oxygens (including phenoxy) is 2. The molecule has 1 aromatic carbocycles. The molecule has 0 aliphatic rings. The van der Waals surface area contributed by atoms with Gasteiger partial charge in [0.1, 0.15) is 0 Å². The number of hydrogen-bond donors (Lipinski definition) is 1. The predicted molar refractivity (Wildman–Crippen MR) is 83.6 cm³/mol. The van der Waals surface area contributed by atoms with Crippen molar-refractivity contribution in [1.82, 2.24) is 10.2 Å². The van der Waals surface area contributed by atoms with Crippen molar-refractivity contribution in [1.29, 1.82) is 0 Å². The molecule has 1 atom stereocenters. The zero-order chi connectivity index (χ0) is 15.0. The summed E-state index contributed by atoms with van der Waals surface area (Å²) in [6.45, 7) is 6.71. The van der Waals surface area contributed by atoms with E-state index >= 15 is 0 Å². The maximum Gasteiger partial charge on any atom is 0.165 e. The summed E-state index contributed by atoms with van der Waals surface area (Å²) in [6.07, 6.45) is 1.13. The summed E-state index contributed by atoms with van der Waals surface area (Å²) in [4.78, 5) is 2.20. The van der Waals surface area contributed by atoms with Crippen molar-refractivity contribution in [2.45, 2.75) is 32.9 Å². The number of nitrogens with zero attached hydrogens (tertiary/aromatic N) is 1. The molecule has 0 aliphatic heterocycles. The molecule has 0 aromatic heterocycles. The second-order valence-electron chi connectivity index (χ2n) is 5.26. The highest BCUT2D eigenvalue weighted by atomic mass is 16.5. The Morgan fingerprint density at radius 3 is 2.65 bits per heavy atom. The van der Waals surface area contributed by atoms with Crippen LogP contribution in [0.25, 0.3) is 0 Å². The number of nitrogens with one attached hydrogen (secondary N) is 1. The van der Waals surface area contributed by atoms with Crippen LogP contribution in [0.4, 0.5) is 0 Å². The molecule has 0 radical (unpaired) electrons. The van der Waals surface area contributed by atoms with Crippen LogP contribution < -0.4 is 14.8 Å². The quantitative estimate of drug-likeness (QED) is 0.753. The number of rotatable bonds is 9. The fraction of sp³-hybridized carbons (Fsp3) is 0.625. The number of para-hydroxylation sites is 1. The molecule has 0 bridgehead atoms. The van der Waals surface area contributed by atoms with Crippen LogP contribution in [0.2, 0.25) is 0 Å². The van der Waals surface area contributed by atoms with Crippen LogP contribution in [-0.4, -0.2) is 45.3 Å². The smallest absolute Gasteiger partial charge is 0.165 e. The topological polar surface area (TPSA) is 33.7 Å². The van der Waals surface area contributed by atoms with Crippen LogP contribution in [0.5, 0.6) is 11.5 Å². The Balaban J connectivity index is 2.60. The van der Waals surface area contributed by atoms with E-state index in [9.17, 15) is 0 Å². The summed E-state index contributed by atoms with van der Waals surface area (Å²) in [7, 11) is 5.89. The maximum absolute atomic E-state index is 5.59. The normalized spacial score (nSPS) is 12.5. The Kier molecular flexibility index (Phi) is 7.41. The van der Waals surface area contributed by atoms with Crippen molar-refractivity contribution in [3.05, 3.63) is 23.8 Å². The van der Waals surface area contributed by atoms with E-state index in [1.165, 1.54) is 0 Å². The molecule has 0 spiro atoms. The Hall–Kier alpha value is -1.26. The van der Waals surface area contributed by atoms with Gasteiger partial charge in [-0.3, -0.25) is 0 Å². The average molecular weight is 280 g/mol. The molecule has 0 amide bonds. The van der Waals surface area contributed by atoms with Gasteiger partial charge in [0.15, 0.2) is 11.5 Å². The van der Waals surface area contributed by atoms with E-state index < -0.39 is 0 Å². The minimum atomic E-state index is 0.470. The van der Waals surface area contributed by atoms with Crippen LogP contribution in [0.3, 0.4) is 0 Å². The third-order valence-corrected chi connectivity index (χ3v) is 3.21. The molecule has 1 N–H and O–H groups in total. The van der Waals surface area contributed by atoms with Crippen molar-refractivity contribution < 1.29 is 9.47 Å². The molecule has 0 saturated heterocycles. The Morgan fingerprint density at radius 1 is 1.30 bits per heavy atom. The summed E-state index contributed by atoms with van der Waals surface area (Å²) in [5.41, 5.74) is 1.13. The molecular weight excluding hydrogens is 252 g/mol. The molecule has 1 rings (SSSR count). The molecule has 1 unspecified atom stereocenters. The van der Waals surface area contributed by atoms with Crippen LogP contribution in [0, 0.1) is 0 Å². The minimum absolute atomic E-state index is 0.470. The second kappa shape index (κ2) is 8.82. The van der Waals surface area contributed by atoms with E-state index in [0.29, 0.717) is 12.6 Å². The van der Waals surface area contributed by atoms with E-state index in [-0.39, 0.29) is 0 Å². The van der Waals surface area contributed by atoms with Crippen molar-refractivity contribution >= 4 is 0 Å². The zero-order valence-electron chi connectivity index (χ0n) is 13.4. The first-order chi connectivity index (χ1) is 9.58. The maximum atomic E-state index is 5.59. The Bertz CT molecular complexity index is 394. The predicted octanol–water partition coefficient (Wildman–Crippen LogP) is 2.52. The van der Waals surface area contributed by atoms with Gasteiger partial charge in [-0.15, -0.1) is 0 Å². The number of hydrogen-bond acceptors (Lipinski definition) is 4. The third-order valence-electron chi connectivity index (χ3n) is 3.21. The largest absolute Gasteiger partial charge is 0.493 e. The molecular formula is C16H28N2O2. The first kappa shape index (κ1) is 16.8. The summed E-state index contributed by atoms with van der Waals surface area (Å²) < 4.78 is 11.1. The van der Waals surface area contributed by atoms with Crippen molar-refractivity contribution in [2.75, 3.05) is 34.4 Å². The molecule has 4 heteroatoms. The highest BCUT2D eigenvalue weighted by molar-refractivity contribution is 5.46. The van der Waals surface area contributed by atoms with Gasteiger partial charge in [0, 0.05) is 18.2 Å². The number of benzene rings is 1. The Labute approximate surface area is 123 Å². The van der Waals surface area contributed by atoms with Gasteiger partial charge in [0.05, 0.1) is 13.7 Å². The van der Waals surface area contributed by atoms with Gasteiger partial charge in [-0.25, -0.2) is 0 Å². The third kappa shape index (κ3) is 5.39. The number of methoxy groups -OCH3 is 1. The lowest BCUT2D eigenvalue weighted by atomic mass is 10.1. The van der Waals surface area contributed by atoms with E-state index in [1.807, 2.05) is 19.1 Å². The van der Waals surface area contributed by atoms with Gasteiger partial charge >= 0.3 is 0 Å². The van der Waals surface area contributed by atoms with Gasteiger partial charge < -0.3 is 19.7 Å². The van der Waals surface area contributed by atoms with E-state index in [4.69, 9.17) is 9.47 Å². The second-order valence-corrected chi connectivity index (χ2v) is 5.26. The van der Waals surface area contributed by atoms with Gasteiger partial charge in [0.25, 0.3) is 0 Å². The molecule has 20 heavy (non-hydrogen) atoms. The van der Waals surface area contributed by atoms with Gasteiger partial charge in [-0.1, -0.05) is 12.1 Å². The van der Waals surface area contributed by atoms with Crippen LogP contribution in [0.15, 0.2) is 18.2 Å². The van der Waals surface area contributed by atoms with Gasteiger partial charge in [-0.05, 0) is 47.0 Å². The molecule has 0 aliphatic carbocycles. The molecule has 114 valence electrons. The van der Waals surface area contributed by atoms with Crippen molar-refractivity contribution in [2.24, 2.45) is 0 Å². The lowest BCUT2D eigenvalue weighted by Crippen LogP contribution is -2.29. The van der Waals surface area contributed by atoms with E-state index in [1.54, 1.807) is 7.11 Å². The molecule has 0 heterocycles. The van der Waals surface area contributed by atoms with E-state index in [2.05, 4.69) is 37.3 Å². The van der Waals surface area contributed by atoms with Crippen LogP contribution >= 0.6 is 0 Å². The van der Waals surface area contributed by atoms with Crippen LogP contribution in [-0.2, 0) is 6.54 Å². The fourth-order valence-electron chi connectivity index (χ4n) is 2.04. The lowest BCUT2D eigenvalue weighted by Gasteiger charge is -2.18. The van der Waals surface area contributed by atoms with Gasteiger partial charge in [0.2, 0.25) is 0 Å². The summed E-state index contributed by atoms with van der Waals surface area (Å²) >= 11 is 0. The summed E-state index contributed by atoms with van der Waals surface area (Å²) in [6, 6.07) is 6.50. The lowest BCUT2D eigenvalue weighted by molar-refractivity contribution is 0.308. The van der Waals surface area contributed by atoms with E-state index in [0.717, 1.165) is 36.6 Å². The first-order valence-electron chi connectivity index (χ1n) is 7.25. The highest BCUT2D eigenvalue weighted by Gasteiger charge is 2.10. The molecule has 0 saturated carbocycles. The minimum Gasteiger partial charge on any atom is -0.493 e. The standard InChI is InChI=1S/C16H28N2O2/c1-6-20-15-9-7-8-14(16(15)19-5)12-17-13(2)10-11-18(3)4/h7-9,13,17H,6,10-12H2,1-5H3. The summed E-state index contributed by atoms with van der Waals surface area (Å²) in [5.74, 6) is 1.65. The Morgan fingerprint density at radius 2 is 2.05 bits per heavy atom. The molecule has 4 nitrogen and oxygen atoms in total. The van der Waals surface area contributed by atoms with Crippen molar-refractivity contribution in [3.63, 3.8) is 0 Å². The highest BCUT2D eigenvalue weighted by Crippen LogP contribution is 2.30. The summed E-state index contributed by atoms with van der Waals surface area (Å²) in [5, 5.41) is 3.54. The monoisotopic (exact) mass is 280 g/mol. The molecule has 1 aromatic rings. The zero-order valence-corrected chi connectivity index (χ0v) is 13.4. The molecule has 0 fully saturated rings. The van der Waals surface area contributed by atoms with Crippen molar-refractivity contribution in [3.8, 4) is 11.5 Å². The first-order valence-corrected chi connectivity index (χ1v) is 7.25. The van der Waals surface area contributed by atoms with Crippen LogP contribution in [0.1, 0.15) is 25.8 Å². The SMILES string of the molecule is CCOc1cccc(CNC(C)CCN(C)C)c1OC.